The number of hydrogen-bond donors (Lipinski definition) is 2. The zero-order valence-electron chi connectivity index (χ0n) is 19.7. The van der Waals surface area contributed by atoms with E-state index in [0.29, 0.717) is 37.8 Å². The minimum Gasteiger partial charge on any atom is -0.353 e. The van der Waals surface area contributed by atoms with E-state index in [-0.39, 0.29) is 30.7 Å². The molecule has 2 aliphatic rings. The lowest BCUT2D eigenvalue weighted by atomic mass is 10.1. The average molecular weight is 466 g/mol. The van der Waals surface area contributed by atoms with Gasteiger partial charge in [-0.15, -0.1) is 0 Å². The van der Waals surface area contributed by atoms with E-state index in [1.807, 2.05) is 32.0 Å². The molecule has 1 atom stereocenters. The van der Waals surface area contributed by atoms with E-state index in [1.165, 1.54) is 0 Å². The topological polar surface area (TPSA) is 111 Å². The smallest absolute Gasteiger partial charge is 0.243 e. The summed E-state index contributed by atoms with van der Waals surface area (Å²) in [6.07, 6.45) is 3.36. The van der Waals surface area contributed by atoms with Crippen molar-refractivity contribution in [2.24, 2.45) is 0 Å². The van der Waals surface area contributed by atoms with Gasteiger partial charge in [-0.05, 0) is 43.2 Å². The van der Waals surface area contributed by atoms with Gasteiger partial charge in [0.15, 0.2) is 0 Å². The van der Waals surface area contributed by atoms with E-state index in [9.17, 15) is 14.4 Å². The van der Waals surface area contributed by atoms with Crippen LogP contribution < -0.4 is 15.5 Å². The van der Waals surface area contributed by atoms with Crippen molar-refractivity contribution in [3.63, 3.8) is 0 Å². The Hall–Kier alpha value is -3.53. The number of aryl methyl sites for hydroxylation is 2. The molecule has 1 unspecified atom stereocenters. The minimum absolute atomic E-state index is 0.0797. The highest BCUT2D eigenvalue weighted by atomic mass is 16.2. The number of anilines is 2. The lowest BCUT2D eigenvalue weighted by Crippen LogP contribution is -2.60. The highest BCUT2D eigenvalue weighted by Gasteiger charge is 2.35. The maximum Gasteiger partial charge on any atom is 0.243 e. The van der Waals surface area contributed by atoms with E-state index in [0.717, 1.165) is 24.2 Å². The minimum atomic E-state index is -0.814. The van der Waals surface area contributed by atoms with Gasteiger partial charge in [0.05, 0.1) is 13.0 Å². The molecule has 0 radical (unpaired) electrons. The zero-order valence-corrected chi connectivity index (χ0v) is 19.7. The Morgan fingerprint density at radius 1 is 1.03 bits per heavy atom. The molecule has 0 spiro atoms. The van der Waals surface area contributed by atoms with E-state index in [4.69, 9.17) is 0 Å². The van der Waals surface area contributed by atoms with Crippen LogP contribution in [0.3, 0.4) is 0 Å². The summed E-state index contributed by atoms with van der Waals surface area (Å²) < 4.78 is 0. The third-order valence-corrected chi connectivity index (χ3v) is 6.10. The van der Waals surface area contributed by atoms with Crippen molar-refractivity contribution in [1.82, 2.24) is 25.1 Å². The molecule has 4 rings (SSSR count). The van der Waals surface area contributed by atoms with Crippen molar-refractivity contribution in [3.05, 3.63) is 47.8 Å². The Morgan fingerprint density at radius 3 is 2.38 bits per heavy atom. The molecule has 1 aromatic heterocycles. The molecule has 10 nitrogen and oxygen atoms in total. The average Bonchev–Trinajstić information content (AvgIpc) is 2.80. The fourth-order valence-electron chi connectivity index (χ4n) is 4.49. The number of hydrogen-bond acceptors (Lipinski definition) is 7. The van der Waals surface area contributed by atoms with Gasteiger partial charge in [-0.3, -0.25) is 19.3 Å². The maximum atomic E-state index is 13.1. The molecule has 1 aromatic carbocycles. The largest absolute Gasteiger partial charge is 0.353 e. The van der Waals surface area contributed by atoms with Crippen LogP contribution in [-0.2, 0) is 14.4 Å². The number of benzene rings is 1. The molecule has 2 saturated heterocycles. The van der Waals surface area contributed by atoms with Crippen molar-refractivity contribution in [2.75, 3.05) is 56.0 Å². The van der Waals surface area contributed by atoms with E-state index >= 15 is 0 Å². The van der Waals surface area contributed by atoms with Gasteiger partial charge in [-0.25, -0.2) is 9.97 Å². The molecule has 2 aliphatic heterocycles. The van der Waals surface area contributed by atoms with Gasteiger partial charge in [0.1, 0.15) is 6.04 Å². The molecule has 0 aliphatic carbocycles. The first-order valence-corrected chi connectivity index (χ1v) is 11.6. The van der Waals surface area contributed by atoms with Crippen LogP contribution in [0.5, 0.6) is 0 Å². The predicted octanol–water partition coefficient (Wildman–Crippen LogP) is 0.571. The summed E-state index contributed by atoms with van der Waals surface area (Å²) in [5, 5.41) is 5.65. The van der Waals surface area contributed by atoms with Crippen LogP contribution in [0.4, 0.5) is 11.6 Å². The summed E-state index contributed by atoms with van der Waals surface area (Å²) in [7, 11) is 0. The van der Waals surface area contributed by atoms with Crippen LogP contribution in [0.1, 0.15) is 17.5 Å². The normalized spacial score (nSPS) is 19.0. The highest BCUT2D eigenvalue weighted by molar-refractivity contribution is 5.97. The third kappa shape index (κ3) is 5.88. The van der Waals surface area contributed by atoms with Crippen molar-refractivity contribution >= 4 is 29.4 Å². The fourth-order valence-corrected chi connectivity index (χ4v) is 4.49. The Kier molecular flexibility index (Phi) is 7.36. The summed E-state index contributed by atoms with van der Waals surface area (Å²) in [6, 6.07) is 6.76. The summed E-state index contributed by atoms with van der Waals surface area (Å²) in [4.78, 5) is 52.7. The van der Waals surface area contributed by atoms with Gasteiger partial charge in [-0.1, -0.05) is 6.07 Å². The van der Waals surface area contributed by atoms with Gasteiger partial charge in [0, 0.05) is 57.3 Å². The number of piperazine rings is 2. The first-order valence-electron chi connectivity index (χ1n) is 11.6. The first-order chi connectivity index (χ1) is 16.4. The Labute approximate surface area is 199 Å². The Balaban J connectivity index is 1.33. The number of aromatic nitrogens is 2. The fraction of sp³-hybridized carbons (Fsp3) is 0.458. The van der Waals surface area contributed by atoms with Crippen LogP contribution in [-0.4, -0.2) is 89.3 Å². The lowest BCUT2D eigenvalue weighted by molar-refractivity contribution is -0.145. The monoisotopic (exact) mass is 465 g/mol. The van der Waals surface area contributed by atoms with Crippen molar-refractivity contribution in [1.29, 1.82) is 0 Å². The van der Waals surface area contributed by atoms with Gasteiger partial charge in [0.25, 0.3) is 0 Å². The second kappa shape index (κ2) is 10.6. The number of nitrogens with one attached hydrogen (secondary N) is 2. The lowest BCUT2D eigenvalue weighted by Gasteiger charge is -2.38. The number of nitrogens with zero attached hydrogens (tertiary/aromatic N) is 5. The molecule has 3 amide bonds. The standard InChI is InChI=1S/C24H31N7O3/c1-17-12-18(2)14-19(13-17)28-21(32)15-20-23(34)25-6-7-31(20)22(33)16-29-8-10-30(11-9-29)24-26-4-3-5-27-24/h3-5,12-14,20H,6-11,15-16H2,1-2H3,(H,25,34)(H,28,32). The van der Waals surface area contributed by atoms with E-state index in [1.54, 1.807) is 23.4 Å². The molecule has 3 heterocycles. The SMILES string of the molecule is Cc1cc(C)cc(NC(=O)CC2C(=O)NCCN2C(=O)CN2CCN(c3ncccn3)CC2)c1. The van der Waals surface area contributed by atoms with E-state index < -0.39 is 6.04 Å². The van der Waals surface area contributed by atoms with Crippen LogP contribution in [0.15, 0.2) is 36.7 Å². The van der Waals surface area contributed by atoms with Crippen LogP contribution in [0.25, 0.3) is 0 Å². The van der Waals surface area contributed by atoms with Crippen molar-refractivity contribution in [2.45, 2.75) is 26.3 Å². The molecule has 2 aromatic rings. The van der Waals surface area contributed by atoms with Crippen molar-refractivity contribution in [3.8, 4) is 0 Å². The number of carbonyl (C=O) groups excluding carboxylic acids is 3. The molecule has 2 fully saturated rings. The van der Waals surface area contributed by atoms with Crippen LogP contribution in [0, 0.1) is 13.8 Å². The van der Waals surface area contributed by atoms with Crippen molar-refractivity contribution < 1.29 is 14.4 Å². The number of carbonyl (C=O) groups is 3. The molecule has 10 heteroatoms. The van der Waals surface area contributed by atoms with Gasteiger partial charge in [-0.2, -0.15) is 0 Å². The Bertz CT molecular complexity index is 1020. The molecule has 34 heavy (non-hydrogen) atoms. The Morgan fingerprint density at radius 2 is 1.71 bits per heavy atom. The van der Waals surface area contributed by atoms with Gasteiger partial charge in [0.2, 0.25) is 23.7 Å². The number of rotatable bonds is 6. The molecule has 0 saturated carbocycles. The summed E-state index contributed by atoms with van der Waals surface area (Å²) in [5.41, 5.74) is 2.78. The molecule has 0 bridgehead atoms. The quantitative estimate of drug-likeness (QED) is 0.642. The first kappa shape index (κ1) is 23.6. The molecular weight excluding hydrogens is 434 g/mol. The zero-order chi connectivity index (χ0) is 24.1. The van der Waals surface area contributed by atoms with Gasteiger partial charge < -0.3 is 20.4 Å². The second-order valence-electron chi connectivity index (χ2n) is 8.83. The molecule has 180 valence electrons. The maximum absolute atomic E-state index is 13.1. The predicted molar refractivity (Wildman–Crippen MR) is 128 cm³/mol. The van der Waals surface area contributed by atoms with Crippen LogP contribution in [0.2, 0.25) is 0 Å². The second-order valence-corrected chi connectivity index (χ2v) is 8.83. The summed E-state index contributed by atoms with van der Waals surface area (Å²) >= 11 is 0. The molecule has 2 N–H and O–H groups in total. The van der Waals surface area contributed by atoms with Crippen LogP contribution >= 0.6 is 0 Å². The number of amides is 3. The molecular formula is C24H31N7O3. The summed E-state index contributed by atoms with van der Waals surface area (Å²) in [6.45, 7) is 7.76. The highest BCUT2D eigenvalue weighted by Crippen LogP contribution is 2.17. The van der Waals surface area contributed by atoms with Gasteiger partial charge >= 0.3 is 0 Å². The summed E-state index contributed by atoms with van der Waals surface area (Å²) in [5.74, 6) is -0.0259. The van der Waals surface area contributed by atoms with E-state index in [2.05, 4.69) is 30.4 Å². The third-order valence-electron chi connectivity index (χ3n) is 6.10.